The predicted octanol–water partition coefficient (Wildman–Crippen LogP) is 2.72. The van der Waals surface area contributed by atoms with E-state index >= 15 is 0 Å². The Morgan fingerprint density at radius 1 is 1.20 bits per heavy atom. The second kappa shape index (κ2) is 6.73. The molecule has 0 saturated heterocycles. The first-order valence-corrected chi connectivity index (χ1v) is 6.55. The molecule has 2 rings (SSSR count). The molecule has 1 atom stereocenters. The number of hydrogen-bond acceptors (Lipinski definition) is 3. The Morgan fingerprint density at radius 3 is 2.65 bits per heavy atom. The minimum atomic E-state index is -0.688. The lowest BCUT2D eigenvalue weighted by Gasteiger charge is -2.13. The SMILES string of the molecule is CCOc1cccc(NC(=O)[C@H](N)c2ccccc2)c1. The molecule has 0 aliphatic heterocycles. The zero-order valence-corrected chi connectivity index (χ0v) is 11.4. The van der Waals surface area contributed by atoms with Crippen LogP contribution in [0.2, 0.25) is 0 Å². The van der Waals surface area contributed by atoms with Crippen LogP contribution in [0.5, 0.6) is 5.75 Å². The molecule has 3 N–H and O–H groups in total. The van der Waals surface area contributed by atoms with E-state index in [9.17, 15) is 4.79 Å². The van der Waals surface area contributed by atoms with E-state index in [2.05, 4.69) is 5.32 Å². The molecule has 0 spiro atoms. The molecule has 4 nitrogen and oxygen atoms in total. The molecular formula is C16H18N2O2. The van der Waals surface area contributed by atoms with E-state index in [0.29, 0.717) is 12.3 Å². The van der Waals surface area contributed by atoms with Gasteiger partial charge >= 0.3 is 0 Å². The van der Waals surface area contributed by atoms with Crippen LogP contribution in [0.4, 0.5) is 5.69 Å². The van der Waals surface area contributed by atoms with Crippen molar-refractivity contribution < 1.29 is 9.53 Å². The van der Waals surface area contributed by atoms with E-state index in [1.807, 2.05) is 49.4 Å². The largest absolute Gasteiger partial charge is 0.494 e. The van der Waals surface area contributed by atoms with Crippen LogP contribution in [0.1, 0.15) is 18.5 Å². The Kier molecular flexibility index (Phi) is 4.74. The summed E-state index contributed by atoms with van der Waals surface area (Å²) in [6.07, 6.45) is 0. The van der Waals surface area contributed by atoms with Crippen LogP contribution in [-0.2, 0) is 4.79 Å². The lowest BCUT2D eigenvalue weighted by Crippen LogP contribution is -2.27. The quantitative estimate of drug-likeness (QED) is 0.878. The molecule has 0 aromatic heterocycles. The first-order chi connectivity index (χ1) is 9.70. The van der Waals surface area contributed by atoms with Crippen LogP contribution >= 0.6 is 0 Å². The summed E-state index contributed by atoms with van der Waals surface area (Å²) in [7, 11) is 0. The van der Waals surface area contributed by atoms with Gasteiger partial charge in [-0.05, 0) is 24.6 Å². The second-order valence-corrected chi connectivity index (χ2v) is 4.34. The van der Waals surface area contributed by atoms with Gasteiger partial charge in [0.15, 0.2) is 0 Å². The summed E-state index contributed by atoms with van der Waals surface area (Å²) < 4.78 is 5.39. The van der Waals surface area contributed by atoms with Crippen molar-refractivity contribution in [3.05, 3.63) is 60.2 Å². The summed E-state index contributed by atoms with van der Waals surface area (Å²) in [5, 5.41) is 2.80. The molecule has 1 amide bonds. The molecule has 4 heteroatoms. The normalized spacial score (nSPS) is 11.7. The lowest BCUT2D eigenvalue weighted by atomic mass is 10.1. The van der Waals surface area contributed by atoms with Gasteiger partial charge in [0.25, 0.3) is 0 Å². The van der Waals surface area contributed by atoms with Crippen molar-refractivity contribution in [3.8, 4) is 5.75 Å². The maximum atomic E-state index is 12.1. The maximum absolute atomic E-state index is 12.1. The Morgan fingerprint density at radius 2 is 1.95 bits per heavy atom. The standard InChI is InChI=1S/C16H18N2O2/c1-2-20-14-10-6-9-13(11-14)18-16(19)15(17)12-7-4-3-5-8-12/h3-11,15H,2,17H2,1H3,(H,18,19)/t15-/m1/s1. The van der Waals surface area contributed by atoms with Crippen LogP contribution in [0.25, 0.3) is 0 Å². The molecule has 20 heavy (non-hydrogen) atoms. The zero-order chi connectivity index (χ0) is 14.4. The van der Waals surface area contributed by atoms with E-state index in [1.54, 1.807) is 12.1 Å². The third kappa shape index (κ3) is 3.59. The monoisotopic (exact) mass is 270 g/mol. The van der Waals surface area contributed by atoms with Crippen molar-refractivity contribution in [1.29, 1.82) is 0 Å². The van der Waals surface area contributed by atoms with Gasteiger partial charge in [0.2, 0.25) is 5.91 Å². The topological polar surface area (TPSA) is 64.3 Å². The van der Waals surface area contributed by atoms with Gasteiger partial charge in [-0.25, -0.2) is 0 Å². The van der Waals surface area contributed by atoms with Gasteiger partial charge in [0.05, 0.1) is 6.61 Å². The fourth-order valence-corrected chi connectivity index (χ4v) is 1.86. The number of nitrogens with two attached hydrogens (primary N) is 1. The molecule has 2 aromatic carbocycles. The number of anilines is 1. The molecule has 104 valence electrons. The van der Waals surface area contributed by atoms with Crippen LogP contribution in [0.15, 0.2) is 54.6 Å². The smallest absolute Gasteiger partial charge is 0.245 e. The average Bonchev–Trinajstić information content (AvgIpc) is 2.48. The fraction of sp³-hybridized carbons (Fsp3) is 0.188. The highest BCUT2D eigenvalue weighted by Gasteiger charge is 2.15. The Hall–Kier alpha value is -2.33. The van der Waals surface area contributed by atoms with E-state index in [-0.39, 0.29) is 5.91 Å². The van der Waals surface area contributed by atoms with Gasteiger partial charge in [-0.1, -0.05) is 36.4 Å². The minimum Gasteiger partial charge on any atom is -0.494 e. The minimum absolute atomic E-state index is 0.246. The highest BCUT2D eigenvalue weighted by molar-refractivity contribution is 5.95. The van der Waals surface area contributed by atoms with Gasteiger partial charge in [-0.2, -0.15) is 0 Å². The third-order valence-electron chi connectivity index (χ3n) is 2.85. The molecular weight excluding hydrogens is 252 g/mol. The van der Waals surface area contributed by atoms with E-state index in [0.717, 1.165) is 11.3 Å². The highest BCUT2D eigenvalue weighted by atomic mass is 16.5. The van der Waals surface area contributed by atoms with E-state index < -0.39 is 6.04 Å². The van der Waals surface area contributed by atoms with Crippen molar-refractivity contribution >= 4 is 11.6 Å². The van der Waals surface area contributed by atoms with E-state index in [1.165, 1.54) is 0 Å². The zero-order valence-electron chi connectivity index (χ0n) is 11.4. The van der Waals surface area contributed by atoms with Gasteiger partial charge in [0, 0.05) is 11.8 Å². The number of nitrogens with one attached hydrogen (secondary N) is 1. The van der Waals surface area contributed by atoms with Gasteiger partial charge in [-0.15, -0.1) is 0 Å². The summed E-state index contributed by atoms with van der Waals surface area (Å²) in [5.41, 5.74) is 7.40. The van der Waals surface area contributed by atoms with Crippen molar-refractivity contribution in [1.82, 2.24) is 0 Å². The summed E-state index contributed by atoms with van der Waals surface area (Å²) in [5.74, 6) is 0.475. The molecule has 0 fully saturated rings. The second-order valence-electron chi connectivity index (χ2n) is 4.34. The predicted molar refractivity (Wildman–Crippen MR) is 79.6 cm³/mol. The van der Waals surface area contributed by atoms with Crippen LogP contribution in [0, 0.1) is 0 Å². The first-order valence-electron chi connectivity index (χ1n) is 6.55. The Labute approximate surface area is 118 Å². The first kappa shape index (κ1) is 14.1. The third-order valence-corrected chi connectivity index (χ3v) is 2.85. The molecule has 0 heterocycles. The lowest BCUT2D eigenvalue weighted by molar-refractivity contribution is -0.117. The molecule has 2 aromatic rings. The number of benzene rings is 2. The number of hydrogen-bond donors (Lipinski definition) is 2. The van der Waals surface area contributed by atoms with Gasteiger partial charge in [-0.3, -0.25) is 4.79 Å². The van der Waals surface area contributed by atoms with Crippen LogP contribution in [-0.4, -0.2) is 12.5 Å². The molecule has 0 saturated carbocycles. The fourth-order valence-electron chi connectivity index (χ4n) is 1.86. The van der Waals surface area contributed by atoms with Crippen molar-refractivity contribution in [3.63, 3.8) is 0 Å². The van der Waals surface area contributed by atoms with Crippen LogP contribution < -0.4 is 15.8 Å². The number of carbonyl (C=O) groups is 1. The van der Waals surface area contributed by atoms with Crippen molar-refractivity contribution in [2.45, 2.75) is 13.0 Å². The molecule has 0 aliphatic rings. The number of amides is 1. The molecule has 0 unspecified atom stereocenters. The molecule has 0 bridgehead atoms. The van der Waals surface area contributed by atoms with Crippen molar-refractivity contribution in [2.24, 2.45) is 5.73 Å². The molecule has 0 aliphatic carbocycles. The van der Waals surface area contributed by atoms with Crippen molar-refractivity contribution in [2.75, 3.05) is 11.9 Å². The number of carbonyl (C=O) groups excluding carboxylic acids is 1. The number of ether oxygens (including phenoxy) is 1. The average molecular weight is 270 g/mol. The Bertz CT molecular complexity index is 570. The van der Waals surface area contributed by atoms with E-state index in [4.69, 9.17) is 10.5 Å². The summed E-state index contributed by atoms with van der Waals surface area (Å²) >= 11 is 0. The van der Waals surface area contributed by atoms with Gasteiger partial charge in [0.1, 0.15) is 11.8 Å². The summed E-state index contributed by atoms with van der Waals surface area (Å²) in [4.78, 5) is 12.1. The summed E-state index contributed by atoms with van der Waals surface area (Å²) in [6.45, 7) is 2.50. The summed E-state index contributed by atoms with van der Waals surface area (Å²) in [6, 6.07) is 15.8. The molecule has 0 radical (unpaired) electrons. The number of rotatable bonds is 5. The van der Waals surface area contributed by atoms with Gasteiger partial charge < -0.3 is 15.8 Å². The maximum Gasteiger partial charge on any atom is 0.245 e. The highest BCUT2D eigenvalue weighted by Crippen LogP contribution is 2.19. The van der Waals surface area contributed by atoms with Crippen LogP contribution in [0.3, 0.4) is 0 Å². The Balaban J connectivity index is 2.06.